The van der Waals surface area contributed by atoms with E-state index in [0.29, 0.717) is 23.6 Å². The van der Waals surface area contributed by atoms with Gasteiger partial charge in [-0.1, -0.05) is 0 Å². The summed E-state index contributed by atoms with van der Waals surface area (Å²) < 4.78 is 10.7. The van der Waals surface area contributed by atoms with E-state index in [1.807, 2.05) is 24.3 Å². The predicted molar refractivity (Wildman–Crippen MR) is 99.7 cm³/mol. The van der Waals surface area contributed by atoms with Gasteiger partial charge in [-0.3, -0.25) is 0 Å². The summed E-state index contributed by atoms with van der Waals surface area (Å²) in [4.78, 5) is 17.5. The zero-order chi connectivity index (χ0) is 18.2. The van der Waals surface area contributed by atoms with Crippen LogP contribution in [-0.4, -0.2) is 26.7 Å². The topological polar surface area (TPSA) is 108 Å². The lowest BCUT2D eigenvalue weighted by Crippen LogP contribution is -2.04. The van der Waals surface area contributed by atoms with Crippen molar-refractivity contribution in [3.05, 3.63) is 42.4 Å². The fourth-order valence-electron chi connectivity index (χ4n) is 3.07. The number of nitrogens with two attached hydrogens (primary N) is 1. The fraction of sp³-hybridized carbons (Fsp3) is 0.263. The van der Waals surface area contributed by atoms with Crippen molar-refractivity contribution < 1.29 is 9.47 Å². The molecule has 2 aromatic heterocycles. The van der Waals surface area contributed by atoms with Crippen LogP contribution < -0.4 is 20.5 Å². The molecule has 27 heavy (non-hydrogen) atoms. The Bertz CT molecular complexity index is 1010. The van der Waals surface area contributed by atoms with Crippen molar-refractivity contribution in [2.24, 2.45) is 5.92 Å². The second-order valence-electron chi connectivity index (χ2n) is 6.69. The molecule has 2 aliphatic rings. The summed E-state index contributed by atoms with van der Waals surface area (Å²) in [5.74, 6) is 2.91. The van der Waals surface area contributed by atoms with E-state index in [-0.39, 0.29) is 6.79 Å². The molecule has 0 amide bonds. The number of hydrogen-bond acceptors (Lipinski definition) is 8. The summed E-state index contributed by atoms with van der Waals surface area (Å²) in [6.07, 6.45) is 6.84. The Morgan fingerprint density at radius 1 is 1.07 bits per heavy atom. The van der Waals surface area contributed by atoms with Gasteiger partial charge in [0.2, 0.25) is 18.7 Å². The number of nitrogens with zero attached hydrogens (tertiary/aromatic N) is 4. The smallest absolute Gasteiger partial charge is 0.231 e. The van der Waals surface area contributed by atoms with Gasteiger partial charge in [-0.15, -0.1) is 0 Å². The van der Waals surface area contributed by atoms with Crippen LogP contribution in [0.5, 0.6) is 11.5 Å². The maximum atomic E-state index is 5.79. The van der Waals surface area contributed by atoms with E-state index >= 15 is 0 Å². The molecule has 3 heterocycles. The first-order valence-corrected chi connectivity index (χ1v) is 8.86. The molecule has 0 unspecified atom stereocenters. The molecule has 8 heteroatoms. The summed E-state index contributed by atoms with van der Waals surface area (Å²) >= 11 is 0. The van der Waals surface area contributed by atoms with Gasteiger partial charge in [0.05, 0.1) is 11.4 Å². The maximum Gasteiger partial charge on any atom is 0.231 e. The van der Waals surface area contributed by atoms with Crippen LogP contribution >= 0.6 is 0 Å². The third-order valence-corrected chi connectivity index (χ3v) is 4.63. The summed E-state index contributed by atoms with van der Waals surface area (Å²) in [6.45, 7) is 0.242. The highest BCUT2D eigenvalue weighted by atomic mass is 16.7. The third kappa shape index (κ3) is 3.33. The molecule has 0 radical (unpaired) electrons. The van der Waals surface area contributed by atoms with Crippen LogP contribution in [0.4, 0.5) is 17.6 Å². The SMILES string of the molecule is Nc1ncc(-c2ccnc(Nc3ccc4c(c3)OCO4)n2)c(CC2CC2)n1. The van der Waals surface area contributed by atoms with Gasteiger partial charge < -0.3 is 20.5 Å². The highest BCUT2D eigenvalue weighted by Gasteiger charge is 2.24. The van der Waals surface area contributed by atoms with Crippen molar-refractivity contribution >= 4 is 17.6 Å². The van der Waals surface area contributed by atoms with Gasteiger partial charge in [0.1, 0.15) is 0 Å². The van der Waals surface area contributed by atoms with Gasteiger partial charge >= 0.3 is 0 Å². The lowest BCUT2D eigenvalue weighted by atomic mass is 10.1. The van der Waals surface area contributed by atoms with Crippen molar-refractivity contribution in [3.63, 3.8) is 0 Å². The van der Waals surface area contributed by atoms with Crippen LogP contribution in [0.2, 0.25) is 0 Å². The van der Waals surface area contributed by atoms with Crippen molar-refractivity contribution in [2.45, 2.75) is 19.3 Å². The minimum atomic E-state index is 0.242. The van der Waals surface area contributed by atoms with Gasteiger partial charge in [-0.05, 0) is 43.4 Å². The molecule has 0 saturated heterocycles. The number of anilines is 3. The van der Waals surface area contributed by atoms with Gasteiger partial charge in [0.25, 0.3) is 0 Å². The van der Waals surface area contributed by atoms with E-state index in [1.54, 1.807) is 12.4 Å². The van der Waals surface area contributed by atoms with E-state index in [0.717, 1.165) is 34.8 Å². The lowest BCUT2D eigenvalue weighted by molar-refractivity contribution is 0.174. The first kappa shape index (κ1) is 15.8. The highest BCUT2D eigenvalue weighted by molar-refractivity contribution is 5.65. The summed E-state index contributed by atoms with van der Waals surface area (Å²) in [5, 5.41) is 3.20. The van der Waals surface area contributed by atoms with E-state index in [1.165, 1.54) is 12.8 Å². The summed E-state index contributed by atoms with van der Waals surface area (Å²) in [6, 6.07) is 7.48. The van der Waals surface area contributed by atoms with Crippen molar-refractivity contribution in [3.8, 4) is 22.8 Å². The highest BCUT2D eigenvalue weighted by Crippen LogP contribution is 2.36. The largest absolute Gasteiger partial charge is 0.454 e. The molecule has 1 aliphatic heterocycles. The molecule has 1 aliphatic carbocycles. The van der Waals surface area contributed by atoms with Crippen LogP contribution in [0.15, 0.2) is 36.7 Å². The average Bonchev–Trinajstić information content (AvgIpc) is 3.36. The number of nitrogen functional groups attached to an aromatic ring is 1. The molecule has 0 atom stereocenters. The predicted octanol–water partition coefficient (Wildman–Crippen LogP) is 2.94. The number of rotatable bonds is 5. The lowest BCUT2D eigenvalue weighted by Gasteiger charge is -2.10. The first-order chi connectivity index (χ1) is 13.2. The Kier molecular flexibility index (Phi) is 3.74. The molecule has 136 valence electrons. The number of hydrogen-bond donors (Lipinski definition) is 2. The minimum Gasteiger partial charge on any atom is -0.454 e. The number of aromatic nitrogens is 4. The first-order valence-electron chi connectivity index (χ1n) is 8.86. The zero-order valence-electron chi connectivity index (χ0n) is 14.6. The van der Waals surface area contributed by atoms with Crippen LogP contribution in [0.1, 0.15) is 18.5 Å². The third-order valence-electron chi connectivity index (χ3n) is 4.63. The minimum absolute atomic E-state index is 0.242. The van der Waals surface area contributed by atoms with E-state index in [4.69, 9.17) is 15.2 Å². The van der Waals surface area contributed by atoms with E-state index in [2.05, 4.69) is 25.3 Å². The Morgan fingerprint density at radius 2 is 1.96 bits per heavy atom. The quantitative estimate of drug-likeness (QED) is 0.713. The fourth-order valence-corrected chi connectivity index (χ4v) is 3.07. The molecule has 1 saturated carbocycles. The Labute approximate surface area is 155 Å². The standard InChI is InChI=1S/C19H18N6O2/c20-18-22-9-13(15(24-18)7-11-1-2-11)14-5-6-21-19(25-14)23-12-3-4-16-17(8-12)27-10-26-16/h3-6,8-9,11H,1-2,7,10H2,(H2,20,22,24)(H,21,23,25). The van der Waals surface area contributed by atoms with E-state index in [9.17, 15) is 0 Å². The molecule has 5 rings (SSSR count). The number of nitrogens with one attached hydrogen (secondary N) is 1. The van der Waals surface area contributed by atoms with Crippen LogP contribution in [-0.2, 0) is 6.42 Å². The second-order valence-corrected chi connectivity index (χ2v) is 6.69. The van der Waals surface area contributed by atoms with Gasteiger partial charge in [-0.2, -0.15) is 0 Å². The molecular weight excluding hydrogens is 344 g/mol. The monoisotopic (exact) mass is 362 g/mol. The molecule has 3 N–H and O–H groups in total. The molecule has 8 nitrogen and oxygen atoms in total. The van der Waals surface area contributed by atoms with Gasteiger partial charge in [0, 0.05) is 29.7 Å². The normalized spacial score (nSPS) is 15.0. The van der Waals surface area contributed by atoms with Crippen molar-refractivity contribution in [2.75, 3.05) is 17.8 Å². The van der Waals surface area contributed by atoms with Gasteiger partial charge in [0.15, 0.2) is 11.5 Å². The number of ether oxygens (including phenoxy) is 2. The second kappa shape index (κ2) is 6.39. The van der Waals surface area contributed by atoms with E-state index < -0.39 is 0 Å². The molecular formula is C19H18N6O2. The Balaban J connectivity index is 1.44. The van der Waals surface area contributed by atoms with Crippen molar-refractivity contribution in [1.29, 1.82) is 0 Å². The van der Waals surface area contributed by atoms with Crippen LogP contribution in [0.3, 0.4) is 0 Å². The number of benzene rings is 1. The molecule has 1 fully saturated rings. The van der Waals surface area contributed by atoms with Crippen molar-refractivity contribution in [1.82, 2.24) is 19.9 Å². The van der Waals surface area contributed by atoms with Gasteiger partial charge in [-0.25, -0.2) is 19.9 Å². The molecule has 1 aromatic carbocycles. The maximum absolute atomic E-state index is 5.79. The van der Waals surface area contributed by atoms with Crippen LogP contribution in [0, 0.1) is 5.92 Å². The molecule has 3 aromatic rings. The average molecular weight is 362 g/mol. The van der Waals surface area contributed by atoms with Crippen LogP contribution in [0.25, 0.3) is 11.3 Å². The molecule has 0 bridgehead atoms. The Morgan fingerprint density at radius 3 is 2.85 bits per heavy atom. The number of fused-ring (bicyclic) bond motifs is 1. The summed E-state index contributed by atoms with van der Waals surface area (Å²) in [7, 11) is 0. The zero-order valence-corrected chi connectivity index (χ0v) is 14.6. The summed E-state index contributed by atoms with van der Waals surface area (Å²) in [5.41, 5.74) is 9.22. The Hall–Kier alpha value is -3.42. The molecule has 0 spiro atoms.